The first kappa shape index (κ1) is 19.4. The van der Waals surface area contributed by atoms with Crippen molar-refractivity contribution in [1.29, 1.82) is 0 Å². The second-order valence-electron chi connectivity index (χ2n) is 6.90. The lowest BCUT2D eigenvalue weighted by Crippen LogP contribution is -2.44. The van der Waals surface area contributed by atoms with Crippen LogP contribution in [0.3, 0.4) is 0 Å². The van der Waals surface area contributed by atoms with E-state index in [1.807, 2.05) is 43.3 Å². The Bertz CT molecular complexity index is 1020. The molecule has 0 bridgehead atoms. The van der Waals surface area contributed by atoms with Gasteiger partial charge in [0, 0.05) is 43.6 Å². The number of hydrogen-bond acceptors (Lipinski definition) is 5. The monoisotopic (exact) mass is 407 g/mol. The molecule has 0 aliphatic carbocycles. The van der Waals surface area contributed by atoms with Gasteiger partial charge in [-0.15, -0.1) is 0 Å². The minimum atomic E-state index is -0.198. The number of piperazine rings is 1. The number of carbonyl (C=O) groups excluding carboxylic acids is 1. The van der Waals surface area contributed by atoms with Crippen molar-refractivity contribution < 1.29 is 4.79 Å². The molecule has 4 rings (SSSR count). The van der Waals surface area contributed by atoms with E-state index in [1.165, 1.54) is 0 Å². The fraction of sp³-hybridized carbons (Fsp3) is 0.227. The molecule has 29 heavy (non-hydrogen) atoms. The maximum absolute atomic E-state index is 12.8. The van der Waals surface area contributed by atoms with E-state index in [4.69, 9.17) is 11.6 Å². The van der Waals surface area contributed by atoms with Crippen molar-refractivity contribution in [2.75, 3.05) is 36.4 Å². The topological polar surface area (TPSA) is 70.2 Å². The number of halogens is 1. The zero-order valence-electron chi connectivity index (χ0n) is 16.2. The van der Waals surface area contributed by atoms with Gasteiger partial charge >= 0.3 is 0 Å². The van der Waals surface area contributed by atoms with Crippen LogP contribution < -0.4 is 15.5 Å². The number of benzene rings is 1. The Balaban J connectivity index is 1.54. The Morgan fingerprint density at radius 3 is 2.69 bits per heavy atom. The van der Waals surface area contributed by atoms with Crippen LogP contribution in [-0.2, 0) is 0 Å². The molecule has 2 aromatic heterocycles. The van der Waals surface area contributed by atoms with Crippen LogP contribution in [0.4, 0.5) is 11.5 Å². The highest BCUT2D eigenvalue weighted by Gasteiger charge is 2.16. The predicted octanol–water partition coefficient (Wildman–Crippen LogP) is 3.77. The lowest BCUT2D eigenvalue weighted by Gasteiger charge is -2.28. The maximum atomic E-state index is 12.8. The third kappa shape index (κ3) is 4.39. The highest BCUT2D eigenvalue weighted by Crippen LogP contribution is 2.29. The fourth-order valence-corrected chi connectivity index (χ4v) is 3.59. The lowest BCUT2D eigenvalue weighted by molar-refractivity contribution is 0.102. The molecular weight excluding hydrogens is 386 g/mol. The van der Waals surface area contributed by atoms with Crippen LogP contribution >= 0.6 is 11.6 Å². The number of amides is 1. The molecular formula is C22H22ClN5O. The van der Waals surface area contributed by atoms with E-state index in [0.717, 1.165) is 43.3 Å². The number of carbonyl (C=O) groups is 1. The Morgan fingerprint density at radius 2 is 1.97 bits per heavy atom. The second kappa shape index (κ2) is 8.59. The summed E-state index contributed by atoms with van der Waals surface area (Å²) in [5.74, 6) is 0.709. The first-order chi connectivity index (χ1) is 14.1. The van der Waals surface area contributed by atoms with Gasteiger partial charge in [-0.2, -0.15) is 0 Å². The molecule has 0 radical (unpaired) electrons. The lowest BCUT2D eigenvalue weighted by atomic mass is 10.1. The zero-order valence-corrected chi connectivity index (χ0v) is 16.9. The van der Waals surface area contributed by atoms with Crippen molar-refractivity contribution in [3.05, 3.63) is 71.0 Å². The number of pyridine rings is 2. The summed E-state index contributed by atoms with van der Waals surface area (Å²) in [6, 6.07) is 14.8. The Labute approximate surface area is 174 Å². The van der Waals surface area contributed by atoms with Crippen LogP contribution in [0.5, 0.6) is 0 Å². The normalized spacial score (nSPS) is 13.9. The number of rotatable bonds is 4. The van der Waals surface area contributed by atoms with Crippen LogP contribution in [0.15, 0.2) is 54.7 Å². The quantitative estimate of drug-likeness (QED) is 0.689. The van der Waals surface area contributed by atoms with Crippen molar-refractivity contribution in [3.8, 4) is 11.3 Å². The molecule has 6 nitrogen and oxygen atoms in total. The van der Waals surface area contributed by atoms with Gasteiger partial charge in [0.2, 0.25) is 0 Å². The summed E-state index contributed by atoms with van der Waals surface area (Å²) in [4.78, 5) is 24.0. The van der Waals surface area contributed by atoms with E-state index < -0.39 is 0 Å². The minimum absolute atomic E-state index is 0.198. The Morgan fingerprint density at radius 1 is 1.14 bits per heavy atom. The molecule has 1 aliphatic heterocycles. The number of hydrogen-bond donors (Lipinski definition) is 2. The van der Waals surface area contributed by atoms with Gasteiger partial charge in [-0.1, -0.05) is 17.7 Å². The van der Waals surface area contributed by atoms with Crippen LogP contribution in [0.1, 0.15) is 16.1 Å². The van der Waals surface area contributed by atoms with Crippen LogP contribution in [0, 0.1) is 6.92 Å². The molecule has 1 saturated heterocycles. The molecule has 1 fully saturated rings. The Kier molecular flexibility index (Phi) is 5.74. The van der Waals surface area contributed by atoms with E-state index in [0.29, 0.717) is 22.0 Å². The predicted molar refractivity (Wildman–Crippen MR) is 117 cm³/mol. The zero-order chi connectivity index (χ0) is 20.2. The molecule has 0 saturated carbocycles. The van der Waals surface area contributed by atoms with Crippen molar-refractivity contribution in [1.82, 2.24) is 15.3 Å². The van der Waals surface area contributed by atoms with E-state index >= 15 is 0 Å². The molecule has 0 spiro atoms. The maximum Gasteiger partial charge on any atom is 0.257 e. The molecule has 1 amide bonds. The van der Waals surface area contributed by atoms with Gasteiger partial charge in [-0.05, 0) is 49.4 Å². The van der Waals surface area contributed by atoms with Crippen molar-refractivity contribution in [2.45, 2.75) is 6.92 Å². The first-order valence-electron chi connectivity index (χ1n) is 9.57. The van der Waals surface area contributed by atoms with E-state index in [9.17, 15) is 4.79 Å². The summed E-state index contributed by atoms with van der Waals surface area (Å²) in [5, 5.41) is 6.86. The summed E-state index contributed by atoms with van der Waals surface area (Å²) >= 11 is 6.33. The summed E-state index contributed by atoms with van der Waals surface area (Å²) in [6.45, 7) is 5.58. The van der Waals surface area contributed by atoms with Gasteiger partial charge in [-0.25, -0.2) is 4.98 Å². The number of aryl methyl sites for hydroxylation is 1. The fourth-order valence-electron chi connectivity index (χ4n) is 3.38. The second-order valence-corrected chi connectivity index (χ2v) is 7.31. The third-order valence-corrected chi connectivity index (χ3v) is 5.25. The number of nitrogens with one attached hydrogen (secondary N) is 2. The summed E-state index contributed by atoms with van der Waals surface area (Å²) < 4.78 is 0. The smallest absolute Gasteiger partial charge is 0.257 e. The first-order valence-corrected chi connectivity index (χ1v) is 9.95. The average molecular weight is 408 g/mol. The van der Waals surface area contributed by atoms with Crippen molar-refractivity contribution in [2.24, 2.45) is 0 Å². The molecule has 7 heteroatoms. The molecule has 3 aromatic rings. The standard InChI is InChI=1S/C22H22ClN5O/c1-15-17(6-8-21(26-15)28-12-10-24-11-13-28)22(29)27-16-5-7-19(23)18(14-16)20-4-2-3-9-25-20/h2-9,14,24H,10-13H2,1H3,(H,27,29). The van der Waals surface area contributed by atoms with Gasteiger partial charge in [0.05, 0.1) is 22.0 Å². The van der Waals surface area contributed by atoms with E-state index in [-0.39, 0.29) is 5.91 Å². The van der Waals surface area contributed by atoms with E-state index in [2.05, 4.69) is 25.5 Å². The molecule has 0 atom stereocenters. The van der Waals surface area contributed by atoms with Crippen molar-refractivity contribution in [3.63, 3.8) is 0 Å². The van der Waals surface area contributed by atoms with Crippen molar-refractivity contribution >= 4 is 29.0 Å². The van der Waals surface area contributed by atoms with E-state index in [1.54, 1.807) is 18.3 Å². The minimum Gasteiger partial charge on any atom is -0.354 e. The third-order valence-electron chi connectivity index (χ3n) is 4.92. The number of nitrogens with zero attached hydrogens (tertiary/aromatic N) is 3. The SMILES string of the molecule is Cc1nc(N2CCNCC2)ccc1C(=O)Nc1ccc(Cl)c(-c2ccccn2)c1. The Hall–Kier alpha value is -2.96. The van der Waals surface area contributed by atoms with Gasteiger partial charge < -0.3 is 15.5 Å². The molecule has 1 aromatic carbocycles. The molecule has 148 valence electrons. The summed E-state index contributed by atoms with van der Waals surface area (Å²) in [6.07, 6.45) is 1.71. The largest absolute Gasteiger partial charge is 0.354 e. The number of anilines is 2. The van der Waals surface area contributed by atoms with Gasteiger partial charge in [0.1, 0.15) is 5.82 Å². The van der Waals surface area contributed by atoms with Crippen LogP contribution in [0.2, 0.25) is 5.02 Å². The van der Waals surface area contributed by atoms with Gasteiger partial charge in [0.25, 0.3) is 5.91 Å². The molecule has 3 heterocycles. The summed E-state index contributed by atoms with van der Waals surface area (Å²) in [5.41, 5.74) is 3.45. The van der Waals surface area contributed by atoms with Gasteiger partial charge in [-0.3, -0.25) is 9.78 Å². The summed E-state index contributed by atoms with van der Waals surface area (Å²) in [7, 11) is 0. The highest BCUT2D eigenvalue weighted by molar-refractivity contribution is 6.33. The average Bonchev–Trinajstić information content (AvgIpc) is 2.76. The molecule has 0 unspecified atom stereocenters. The highest BCUT2D eigenvalue weighted by atomic mass is 35.5. The molecule has 1 aliphatic rings. The van der Waals surface area contributed by atoms with Crippen LogP contribution in [0.25, 0.3) is 11.3 Å². The molecule has 2 N–H and O–H groups in total. The van der Waals surface area contributed by atoms with Gasteiger partial charge in [0.15, 0.2) is 0 Å². The van der Waals surface area contributed by atoms with Crippen LogP contribution in [-0.4, -0.2) is 42.1 Å². The number of aromatic nitrogens is 2.